The van der Waals surface area contributed by atoms with Crippen LogP contribution in [0, 0.1) is 0 Å². The lowest BCUT2D eigenvalue weighted by Crippen LogP contribution is -2.11. The highest BCUT2D eigenvalue weighted by molar-refractivity contribution is 7.25. The fourth-order valence-corrected chi connectivity index (χ4v) is 9.57. The normalized spacial score (nSPS) is 12.0. The van der Waals surface area contributed by atoms with Crippen LogP contribution in [-0.4, -0.2) is 9.55 Å². The van der Waals surface area contributed by atoms with Crippen molar-refractivity contribution in [1.82, 2.24) is 9.55 Å². The Balaban J connectivity index is 1.23. The lowest BCUT2D eigenvalue weighted by atomic mass is 10.1. The molecule has 5 nitrogen and oxygen atoms in total. The van der Waals surface area contributed by atoms with Crippen molar-refractivity contribution in [3.05, 3.63) is 176 Å². The summed E-state index contributed by atoms with van der Waals surface area (Å²) in [5.41, 5.74) is 10.2. The average molecular weight is 724 g/mol. The van der Waals surface area contributed by atoms with Gasteiger partial charge in [0.25, 0.3) is 0 Å². The molecule has 0 radical (unpaired) electrons. The van der Waals surface area contributed by atoms with Gasteiger partial charge in [0.15, 0.2) is 5.58 Å². The Kier molecular flexibility index (Phi) is 6.44. The minimum atomic E-state index is 0.563. The number of fused-ring (bicyclic) bond motifs is 11. The summed E-state index contributed by atoms with van der Waals surface area (Å²) in [5.74, 6) is 0.563. The molecular weight excluding hydrogens is 695 g/mol. The van der Waals surface area contributed by atoms with E-state index >= 15 is 0 Å². The van der Waals surface area contributed by atoms with Crippen molar-refractivity contribution in [3.63, 3.8) is 0 Å². The van der Waals surface area contributed by atoms with Gasteiger partial charge in [0.2, 0.25) is 5.89 Å². The molecule has 4 aromatic heterocycles. The number of nitrogens with zero attached hydrogens (tertiary/aromatic N) is 3. The van der Waals surface area contributed by atoms with Crippen LogP contribution >= 0.6 is 11.3 Å². The molecule has 0 aliphatic rings. The minimum Gasteiger partial charge on any atom is -0.456 e. The SMILES string of the molecule is c1ccc(-c2nc3c(N(c4ccc5c(c4)sc4ccccc45)c4cccc5c4c4ccccc4n5-c4ccccc4)cc4oc5ccccc5c4c3o2)cc1. The second kappa shape index (κ2) is 11.7. The highest BCUT2D eigenvalue weighted by atomic mass is 32.1. The van der Waals surface area contributed by atoms with Crippen LogP contribution in [0.4, 0.5) is 17.1 Å². The van der Waals surface area contributed by atoms with Crippen molar-refractivity contribution < 1.29 is 8.83 Å². The van der Waals surface area contributed by atoms with Gasteiger partial charge in [0, 0.05) is 59.3 Å². The van der Waals surface area contributed by atoms with Gasteiger partial charge in [0.1, 0.15) is 16.7 Å². The quantitative estimate of drug-likeness (QED) is 0.177. The number of para-hydroxylation sites is 3. The zero-order valence-electron chi connectivity index (χ0n) is 29.3. The Morgan fingerprint density at radius 2 is 1.20 bits per heavy atom. The topological polar surface area (TPSA) is 47.3 Å². The van der Waals surface area contributed by atoms with Gasteiger partial charge in [-0.15, -0.1) is 11.3 Å². The number of anilines is 3. The van der Waals surface area contributed by atoms with Crippen LogP contribution in [0.25, 0.3) is 92.2 Å². The van der Waals surface area contributed by atoms with Crippen LogP contribution in [0.2, 0.25) is 0 Å². The van der Waals surface area contributed by atoms with Gasteiger partial charge in [-0.2, -0.15) is 0 Å². The maximum atomic E-state index is 6.83. The van der Waals surface area contributed by atoms with E-state index in [4.69, 9.17) is 13.8 Å². The van der Waals surface area contributed by atoms with Gasteiger partial charge in [-0.05, 0) is 66.7 Å². The van der Waals surface area contributed by atoms with Gasteiger partial charge in [-0.1, -0.05) is 103 Å². The Labute approximate surface area is 318 Å². The molecule has 0 bridgehead atoms. The zero-order chi connectivity index (χ0) is 36.0. The van der Waals surface area contributed by atoms with Crippen molar-refractivity contribution in [2.75, 3.05) is 4.90 Å². The van der Waals surface area contributed by atoms with E-state index in [0.717, 1.165) is 77.6 Å². The Hall–Kier alpha value is -7.15. The highest BCUT2D eigenvalue weighted by Crippen LogP contribution is 2.49. The lowest BCUT2D eigenvalue weighted by Gasteiger charge is -2.26. The number of aromatic nitrogens is 2. The Morgan fingerprint density at radius 3 is 2.07 bits per heavy atom. The number of rotatable bonds is 5. The molecule has 6 heteroatoms. The number of thiophene rings is 1. The first-order valence-corrected chi connectivity index (χ1v) is 19.2. The molecule has 55 heavy (non-hydrogen) atoms. The molecule has 0 aliphatic carbocycles. The summed E-state index contributed by atoms with van der Waals surface area (Å²) >= 11 is 1.82. The first-order chi connectivity index (χ1) is 27.3. The third kappa shape index (κ3) is 4.49. The first kappa shape index (κ1) is 30.3. The summed E-state index contributed by atoms with van der Waals surface area (Å²) in [6.45, 7) is 0. The van der Waals surface area contributed by atoms with Crippen LogP contribution in [-0.2, 0) is 0 Å². The summed E-state index contributed by atoms with van der Waals surface area (Å²) < 4.78 is 18.3. The molecule has 4 heterocycles. The number of hydrogen-bond donors (Lipinski definition) is 0. The number of oxazole rings is 1. The Bertz CT molecular complexity index is 3450. The molecule has 0 aliphatic heterocycles. The first-order valence-electron chi connectivity index (χ1n) is 18.4. The van der Waals surface area contributed by atoms with Crippen molar-refractivity contribution in [1.29, 1.82) is 0 Å². The van der Waals surface area contributed by atoms with E-state index in [1.807, 2.05) is 59.9 Å². The molecule has 8 aromatic carbocycles. The van der Waals surface area contributed by atoms with E-state index in [2.05, 4.69) is 137 Å². The smallest absolute Gasteiger partial charge is 0.227 e. The van der Waals surface area contributed by atoms with Crippen molar-refractivity contribution >= 4 is 103 Å². The fraction of sp³-hybridized carbons (Fsp3) is 0. The summed E-state index contributed by atoms with van der Waals surface area (Å²) in [5, 5.41) is 6.73. The van der Waals surface area contributed by atoms with Crippen LogP contribution in [0.1, 0.15) is 0 Å². The van der Waals surface area contributed by atoms with Crippen molar-refractivity contribution in [2.45, 2.75) is 0 Å². The largest absolute Gasteiger partial charge is 0.456 e. The lowest BCUT2D eigenvalue weighted by molar-refractivity contribution is 0.622. The second-order valence-electron chi connectivity index (χ2n) is 13.9. The molecule has 0 saturated carbocycles. The number of hydrogen-bond acceptors (Lipinski definition) is 5. The molecule has 0 saturated heterocycles. The average Bonchev–Trinajstić information content (AvgIpc) is 4.02. The molecule has 258 valence electrons. The maximum absolute atomic E-state index is 6.83. The van der Waals surface area contributed by atoms with Gasteiger partial charge in [-0.3, -0.25) is 0 Å². The fourth-order valence-electron chi connectivity index (χ4n) is 8.43. The van der Waals surface area contributed by atoms with Crippen molar-refractivity contribution in [2.24, 2.45) is 0 Å². The van der Waals surface area contributed by atoms with Gasteiger partial charge in [-0.25, -0.2) is 4.98 Å². The molecule has 0 spiro atoms. The zero-order valence-corrected chi connectivity index (χ0v) is 30.1. The van der Waals surface area contributed by atoms with E-state index in [-0.39, 0.29) is 0 Å². The molecule has 0 amide bonds. The molecule has 12 aromatic rings. The predicted molar refractivity (Wildman–Crippen MR) is 229 cm³/mol. The molecule has 0 N–H and O–H groups in total. The molecule has 0 unspecified atom stereocenters. The molecule has 12 rings (SSSR count). The van der Waals surface area contributed by atoms with Crippen LogP contribution < -0.4 is 4.90 Å². The summed E-state index contributed by atoms with van der Waals surface area (Å²) in [6, 6.07) is 61.8. The van der Waals surface area contributed by atoms with E-state index in [1.165, 1.54) is 20.2 Å². The highest BCUT2D eigenvalue weighted by Gasteiger charge is 2.27. The van der Waals surface area contributed by atoms with Gasteiger partial charge in [0.05, 0.1) is 27.8 Å². The van der Waals surface area contributed by atoms with Gasteiger partial charge < -0.3 is 18.3 Å². The van der Waals surface area contributed by atoms with Crippen LogP contribution in [0.5, 0.6) is 0 Å². The predicted octanol–water partition coefficient (Wildman–Crippen LogP) is 14.3. The third-order valence-electron chi connectivity index (χ3n) is 10.8. The molecule has 0 fully saturated rings. The Morgan fingerprint density at radius 1 is 0.491 bits per heavy atom. The standard InChI is InChI=1S/C49H29N3O2S/c1-3-14-30(15-4-1)49-50-47-40(29-42-46(48(47)54-49)36-20-8-11-24-41(36)53-42)52(32-26-27-34-33-18-9-12-25-43(33)55-44(34)28-32)39-23-13-22-38-45(39)35-19-7-10-21-37(35)51(38)31-16-5-2-6-17-31/h1-29H. The maximum Gasteiger partial charge on any atom is 0.227 e. The second-order valence-corrected chi connectivity index (χ2v) is 15.0. The van der Waals surface area contributed by atoms with Gasteiger partial charge >= 0.3 is 0 Å². The van der Waals surface area contributed by atoms with E-state index in [9.17, 15) is 0 Å². The number of furan rings is 1. The molecule has 0 atom stereocenters. The number of benzene rings is 8. The molecular formula is C49H29N3O2S. The monoisotopic (exact) mass is 723 g/mol. The summed E-state index contributed by atoms with van der Waals surface area (Å²) in [6.07, 6.45) is 0. The van der Waals surface area contributed by atoms with Crippen LogP contribution in [0.3, 0.4) is 0 Å². The summed E-state index contributed by atoms with van der Waals surface area (Å²) in [4.78, 5) is 7.69. The van der Waals surface area contributed by atoms with E-state index < -0.39 is 0 Å². The third-order valence-corrected chi connectivity index (χ3v) is 11.9. The van der Waals surface area contributed by atoms with E-state index in [1.54, 1.807) is 0 Å². The minimum absolute atomic E-state index is 0.563. The van der Waals surface area contributed by atoms with E-state index in [0.29, 0.717) is 11.5 Å². The van der Waals surface area contributed by atoms with Crippen LogP contribution in [0.15, 0.2) is 185 Å². The summed E-state index contributed by atoms with van der Waals surface area (Å²) in [7, 11) is 0. The van der Waals surface area contributed by atoms with Crippen molar-refractivity contribution in [3.8, 4) is 17.1 Å².